The molecule has 0 amide bonds. The van der Waals surface area contributed by atoms with Crippen LogP contribution in [0, 0.1) is 12.7 Å². The Morgan fingerprint density at radius 1 is 1.11 bits per heavy atom. The molecule has 2 rings (SSSR count). The van der Waals surface area contributed by atoms with E-state index in [2.05, 4.69) is 0 Å². The average molecular weight is 259 g/mol. The molecule has 0 saturated carbocycles. The summed E-state index contributed by atoms with van der Waals surface area (Å²) in [7, 11) is 0. The third kappa shape index (κ3) is 3.55. The lowest BCUT2D eigenvalue weighted by atomic mass is 10.0. The van der Waals surface area contributed by atoms with Crippen LogP contribution >= 0.6 is 0 Å². The highest BCUT2D eigenvalue weighted by Crippen LogP contribution is 2.24. The first kappa shape index (κ1) is 13.6. The van der Waals surface area contributed by atoms with Crippen LogP contribution in [-0.2, 0) is 0 Å². The topological polar surface area (TPSA) is 35.2 Å². The maximum Gasteiger partial charge on any atom is 0.139 e. The van der Waals surface area contributed by atoms with Crippen molar-refractivity contribution in [3.05, 3.63) is 65.5 Å². The molecule has 0 radical (unpaired) electrons. The van der Waals surface area contributed by atoms with Crippen molar-refractivity contribution in [2.75, 3.05) is 0 Å². The van der Waals surface area contributed by atoms with Crippen LogP contribution < -0.4 is 10.5 Å². The molecule has 0 aliphatic carbocycles. The number of rotatable bonds is 4. The quantitative estimate of drug-likeness (QED) is 0.910. The summed E-state index contributed by atoms with van der Waals surface area (Å²) in [4.78, 5) is 0. The van der Waals surface area contributed by atoms with Crippen LogP contribution in [0.4, 0.5) is 4.39 Å². The molecule has 0 saturated heterocycles. The normalized spacial score (nSPS) is 13.9. The van der Waals surface area contributed by atoms with Gasteiger partial charge in [-0.05, 0) is 43.7 Å². The molecule has 0 heterocycles. The molecule has 2 aromatic carbocycles. The van der Waals surface area contributed by atoms with E-state index in [9.17, 15) is 4.39 Å². The number of ether oxygens (including phenoxy) is 1. The minimum atomic E-state index is -0.363. The molecule has 0 fully saturated rings. The standard InChI is InChI=1S/C16H18FNO/c1-11-6-8-15(9-7-11)19-16(12(2)18)13-4-3-5-14(17)10-13/h3-10,12,16H,18H2,1-2H3. The Hall–Kier alpha value is -1.87. The Kier molecular flexibility index (Phi) is 4.17. The van der Waals surface area contributed by atoms with Gasteiger partial charge in [-0.25, -0.2) is 4.39 Å². The number of aryl methyl sites for hydroxylation is 1. The average Bonchev–Trinajstić information content (AvgIpc) is 2.37. The first-order valence-electron chi connectivity index (χ1n) is 6.30. The van der Waals surface area contributed by atoms with E-state index in [-0.39, 0.29) is 18.0 Å². The second kappa shape index (κ2) is 5.85. The fraction of sp³-hybridized carbons (Fsp3) is 0.250. The maximum atomic E-state index is 13.3. The Balaban J connectivity index is 2.23. The zero-order valence-corrected chi connectivity index (χ0v) is 11.1. The van der Waals surface area contributed by atoms with Crippen molar-refractivity contribution in [3.8, 4) is 5.75 Å². The van der Waals surface area contributed by atoms with Crippen molar-refractivity contribution in [1.82, 2.24) is 0 Å². The summed E-state index contributed by atoms with van der Waals surface area (Å²) in [6, 6.07) is 13.9. The zero-order chi connectivity index (χ0) is 13.8. The van der Waals surface area contributed by atoms with Gasteiger partial charge in [-0.15, -0.1) is 0 Å². The fourth-order valence-corrected chi connectivity index (χ4v) is 1.93. The molecule has 2 nitrogen and oxygen atoms in total. The van der Waals surface area contributed by atoms with E-state index in [1.807, 2.05) is 44.2 Å². The molecule has 3 heteroatoms. The smallest absolute Gasteiger partial charge is 0.139 e. The minimum absolute atomic E-state index is 0.233. The molecule has 0 spiro atoms. The SMILES string of the molecule is Cc1ccc(OC(c2cccc(F)c2)C(C)N)cc1. The Morgan fingerprint density at radius 3 is 2.37 bits per heavy atom. The van der Waals surface area contributed by atoms with Gasteiger partial charge in [0, 0.05) is 6.04 Å². The van der Waals surface area contributed by atoms with Gasteiger partial charge in [-0.2, -0.15) is 0 Å². The summed E-state index contributed by atoms with van der Waals surface area (Å²) >= 11 is 0. The van der Waals surface area contributed by atoms with Gasteiger partial charge in [0.2, 0.25) is 0 Å². The summed E-state index contributed by atoms with van der Waals surface area (Å²) in [5.74, 6) is 0.452. The summed E-state index contributed by atoms with van der Waals surface area (Å²) in [6.45, 7) is 3.86. The second-order valence-electron chi connectivity index (χ2n) is 4.77. The van der Waals surface area contributed by atoms with Crippen LogP contribution in [0.15, 0.2) is 48.5 Å². The molecule has 2 unspecified atom stereocenters. The van der Waals surface area contributed by atoms with Crippen LogP contribution in [0.3, 0.4) is 0 Å². The van der Waals surface area contributed by atoms with Crippen molar-refractivity contribution in [2.24, 2.45) is 5.73 Å². The van der Waals surface area contributed by atoms with Crippen LogP contribution in [0.2, 0.25) is 0 Å². The maximum absolute atomic E-state index is 13.3. The van der Waals surface area contributed by atoms with Gasteiger partial charge in [0.05, 0.1) is 0 Å². The highest BCUT2D eigenvalue weighted by Gasteiger charge is 2.18. The highest BCUT2D eigenvalue weighted by molar-refractivity contribution is 5.28. The predicted molar refractivity (Wildman–Crippen MR) is 74.6 cm³/mol. The van der Waals surface area contributed by atoms with Crippen molar-refractivity contribution in [2.45, 2.75) is 26.0 Å². The molecule has 19 heavy (non-hydrogen) atoms. The Morgan fingerprint density at radius 2 is 1.79 bits per heavy atom. The highest BCUT2D eigenvalue weighted by atomic mass is 19.1. The van der Waals surface area contributed by atoms with Gasteiger partial charge in [-0.3, -0.25) is 0 Å². The number of halogens is 1. The largest absolute Gasteiger partial charge is 0.484 e. The summed E-state index contributed by atoms with van der Waals surface area (Å²) in [6.07, 6.45) is -0.363. The van der Waals surface area contributed by atoms with Gasteiger partial charge >= 0.3 is 0 Å². The molecule has 0 aliphatic rings. The van der Waals surface area contributed by atoms with Crippen molar-refractivity contribution in [3.63, 3.8) is 0 Å². The summed E-state index contributed by atoms with van der Waals surface area (Å²) < 4.78 is 19.2. The molecule has 2 N–H and O–H groups in total. The molecule has 0 aliphatic heterocycles. The third-order valence-corrected chi connectivity index (χ3v) is 2.94. The number of hydrogen-bond donors (Lipinski definition) is 1. The van der Waals surface area contributed by atoms with E-state index in [0.29, 0.717) is 0 Å². The van der Waals surface area contributed by atoms with Crippen molar-refractivity contribution >= 4 is 0 Å². The molecule has 2 atom stereocenters. The van der Waals surface area contributed by atoms with Gasteiger partial charge in [0.15, 0.2) is 0 Å². The van der Waals surface area contributed by atoms with Gasteiger partial charge in [0.1, 0.15) is 17.7 Å². The first-order chi connectivity index (χ1) is 9.06. The lowest BCUT2D eigenvalue weighted by molar-refractivity contribution is 0.180. The zero-order valence-electron chi connectivity index (χ0n) is 11.1. The summed E-state index contributed by atoms with van der Waals surface area (Å²) in [5, 5.41) is 0. The van der Waals surface area contributed by atoms with Crippen molar-refractivity contribution in [1.29, 1.82) is 0 Å². The molecule has 2 aromatic rings. The molecular formula is C16H18FNO. The molecule has 100 valence electrons. The van der Waals surface area contributed by atoms with Crippen LogP contribution in [0.1, 0.15) is 24.2 Å². The summed E-state index contributed by atoms with van der Waals surface area (Å²) in [5.41, 5.74) is 7.86. The lowest BCUT2D eigenvalue weighted by Crippen LogP contribution is -2.29. The van der Waals surface area contributed by atoms with Gasteiger partial charge in [0.25, 0.3) is 0 Å². The third-order valence-electron chi connectivity index (χ3n) is 2.94. The molecule has 0 aromatic heterocycles. The number of hydrogen-bond acceptors (Lipinski definition) is 2. The van der Waals surface area contributed by atoms with Gasteiger partial charge in [-0.1, -0.05) is 29.8 Å². The first-order valence-corrected chi connectivity index (χ1v) is 6.30. The lowest BCUT2D eigenvalue weighted by Gasteiger charge is -2.23. The monoisotopic (exact) mass is 259 g/mol. The minimum Gasteiger partial charge on any atom is -0.484 e. The number of benzene rings is 2. The van der Waals surface area contributed by atoms with Gasteiger partial charge < -0.3 is 10.5 Å². The van der Waals surface area contributed by atoms with Crippen molar-refractivity contribution < 1.29 is 9.13 Å². The van der Waals surface area contributed by atoms with E-state index in [0.717, 1.165) is 16.9 Å². The van der Waals surface area contributed by atoms with E-state index < -0.39 is 0 Å². The fourth-order valence-electron chi connectivity index (χ4n) is 1.93. The molecular weight excluding hydrogens is 241 g/mol. The van der Waals surface area contributed by atoms with E-state index in [1.54, 1.807) is 6.07 Å². The van der Waals surface area contributed by atoms with Crippen LogP contribution in [0.5, 0.6) is 5.75 Å². The second-order valence-corrected chi connectivity index (χ2v) is 4.77. The van der Waals surface area contributed by atoms with Crippen LogP contribution in [-0.4, -0.2) is 6.04 Å². The number of nitrogens with two attached hydrogens (primary N) is 1. The Labute approximate surface area is 113 Å². The van der Waals surface area contributed by atoms with E-state index in [4.69, 9.17) is 10.5 Å². The Bertz CT molecular complexity index is 537. The predicted octanol–water partition coefficient (Wildman–Crippen LogP) is 3.60. The van der Waals surface area contributed by atoms with E-state index in [1.165, 1.54) is 12.1 Å². The van der Waals surface area contributed by atoms with E-state index >= 15 is 0 Å². The molecule has 0 bridgehead atoms. The van der Waals surface area contributed by atoms with Crippen LogP contribution in [0.25, 0.3) is 0 Å².